The van der Waals surface area contributed by atoms with E-state index in [1.54, 1.807) is 25.3 Å². The number of nitrogens with two attached hydrogens (primary N) is 1. The van der Waals surface area contributed by atoms with Crippen molar-refractivity contribution in [2.75, 3.05) is 12.8 Å². The first-order valence-corrected chi connectivity index (χ1v) is 7.89. The Balaban J connectivity index is 1.84. The number of methoxy groups -OCH3 is 1. The molecule has 0 fully saturated rings. The first kappa shape index (κ1) is 14.5. The molecule has 0 aliphatic heterocycles. The zero-order valence-electron chi connectivity index (χ0n) is 13.7. The molecule has 0 amide bonds. The van der Waals surface area contributed by atoms with Crippen molar-refractivity contribution in [3.05, 3.63) is 46.8 Å². The molecule has 0 aliphatic carbocycles. The van der Waals surface area contributed by atoms with Crippen molar-refractivity contribution in [2.45, 2.75) is 0 Å². The minimum absolute atomic E-state index is 0.164. The maximum absolute atomic E-state index is 12.5. The summed E-state index contributed by atoms with van der Waals surface area (Å²) in [7, 11) is 1.57. The van der Waals surface area contributed by atoms with Crippen molar-refractivity contribution in [2.24, 2.45) is 0 Å². The summed E-state index contributed by atoms with van der Waals surface area (Å²) in [5.41, 5.74) is 8.21. The van der Waals surface area contributed by atoms with Gasteiger partial charge < -0.3 is 19.9 Å². The fourth-order valence-corrected chi connectivity index (χ4v) is 3.15. The van der Waals surface area contributed by atoms with E-state index in [1.165, 1.54) is 0 Å². The number of fused-ring (bicyclic) bond motifs is 4. The van der Waals surface area contributed by atoms with Gasteiger partial charge >= 0.3 is 0 Å². The predicted molar refractivity (Wildman–Crippen MR) is 98.2 cm³/mol. The smallest absolute Gasteiger partial charge is 0.294 e. The molecule has 5 aromatic rings. The van der Waals surface area contributed by atoms with Crippen LogP contribution in [-0.2, 0) is 0 Å². The standard InChI is InChI=1S/C18H13N5O3/c1-25-11-3-2-4-12-13(11)14-15(26-12)18(24)21-17(20-14)8-5-6-10-9(7-8)16(19)23-22-10/h2-7H,1H3,(H3,19,22,23)(H,20,21,24). The normalized spacial score (nSPS) is 11.6. The van der Waals surface area contributed by atoms with Gasteiger partial charge in [-0.15, -0.1) is 0 Å². The van der Waals surface area contributed by atoms with Gasteiger partial charge in [0.1, 0.15) is 22.7 Å². The van der Waals surface area contributed by atoms with Crippen LogP contribution in [0.3, 0.4) is 0 Å². The Labute approximate surface area is 145 Å². The number of anilines is 1. The van der Waals surface area contributed by atoms with Gasteiger partial charge in [0.25, 0.3) is 5.56 Å². The van der Waals surface area contributed by atoms with Crippen molar-refractivity contribution < 1.29 is 9.15 Å². The molecule has 0 saturated heterocycles. The fraction of sp³-hybridized carbons (Fsp3) is 0.0556. The number of ether oxygens (including phenoxy) is 1. The summed E-state index contributed by atoms with van der Waals surface area (Å²) in [4.78, 5) is 19.9. The highest BCUT2D eigenvalue weighted by Gasteiger charge is 2.17. The quantitative estimate of drug-likeness (QED) is 0.451. The molecule has 3 heterocycles. The molecule has 128 valence electrons. The third-order valence-electron chi connectivity index (χ3n) is 4.40. The summed E-state index contributed by atoms with van der Waals surface area (Å²) in [6, 6.07) is 10.9. The van der Waals surface area contributed by atoms with Gasteiger partial charge in [0.2, 0.25) is 5.58 Å². The molecule has 0 bridgehead atoms. The molecular formula is C18H13N5O3. The second kappa shape index (κ2) is 5.09. The minimum atomic E-state index is -0.358. The molecule has 8 heteroatoms. The Hall–Kier alpha value is -3.81. The van der Waals surface area contributed by atoms with Crippen molar-refractivity contribution in [1.29, 1.82) is 0 Å². The number of aromatic amines is 2. The number of aromatic nitrogens is 4. The Bertz CT molecular complexity index is 1360. The van der Waals surface area contributed by atoms with Crippen LogP contribution in [0.4, 0.5) is 5.82 Å². The summed E-state index contributed by atoms with van der Waals surface area (Å²) >= 11 is 0. The van der Waals surface area contributed by atoms with Crippen molar-refractivity contribution in [3.8, 4) is 17.1 Å². The molecule has 0 saturated carbocycles. The van der Waals surface area contributed by atoms with E-state index in [9.17, 15) is 4.79 Å². The van der Waals surface area contributed by atoms with Crippen LogP contribution in [0, 0.1) is 0 Å². The molecule has 3 aromatic heterocycles. The molecule has 26 heavy (non-hydrogen) atoms. The Kier molecular flexibility index (Phi) is 2.84. The van der Waals surface area contributed by atoms with Crippen LogP contribution in [0.5, 0.6) is 5.75 Å². The summed E-state index contributed by atoms with van der Waals surface area (Å²) in [5, 5.41) is 8.26. The van der Waals surface area contributed by atoms with Crippen LogP contribution >= 0.6 is 0 Å². The third kappa shape index (κ3) is 1.92. The minimum Gasteiger partial charge on any atom is -0.496 e. The van der Waals surface area contributed by atoms with Gasteiger partial charge in [-0.3, -0.25) is 9.89 Å². The van der Waals surface area contributed by atoms with Gasteiger partial charge in [-0.05, 0) is 30.3 Å². The van der Waals surface area contributed by atoms with Crippen molar-refractivity contribution in [3.63, 3.8) is 0 Å². The lowest BCUT2D eigenvalue weighted by Gasteiger charge is -2.03. The van der Waals surface area contributed by atoms with Gasteiger partial charge in [0, 0.05) is 10.9 Å². The number of rotatable bonds is 2. The second-order valence-electron chi connectivity index (χ2n) is 5.90. The number of hydrogen-bond donors (Lipinski definition) is 3. The van der Waals surface area contributed by atoms with Crippen LogP contribution in [0.1, 0.15) is 0 Å². The van der Waals surface area contributed by atoms with Gasteiger partial charge in [0.05, 0.1) is 18.0 Å². The van der Waals surface area contributed by atoms with E-state index in [-0.39, 0.29) is 11.1 Å². The predicted octanol–water partition coefficient (Wildman–Crippen LogP) is 2.80. The molecular weight excluding hydrogens is 334 g/mol. The van der Waals surface area contributed by atoms with E-state index < -0.39 is 0 Å². The van der Waals surface area contributed by atoms with E-state index in [1.807, 2.05) is 18.2 Å². The number of furan rings is 1. The molecule has 0 unspecified atom stereocenters. The van der Waals surface area contributed by atoms with E-state index in [2.05, 4.69) is 20.2 Å². The number of nitrogen functional groups attached to an aromatic ring is 1. The molecule has 8 nitrogen and oxygen atoms in total. The summed E-state index contributed by atoms with van der Waals surface area (Å²) in [6.07, 6.45) is 0. The summed E-state index contributed by atoms with van der Waals surface area (Å²) < 4.78 is 11.1. The maximum atomic E-state index is 12.5. The number of nitrogens with zero attached hydrogens (tertiary/aromatic N) is 2. The number of nitrogens with one attached hydrogen (secondary N) is 2. The first-order valence-electron chi connectivity index (χ1n) is 7.89. The second-order valence-corrected chi connectivity index (χ2v) is 5.90. The lowest BCUT2D eigenvalue weighted by atomic mass is 10.1. The van der Waals surface area contributed by atoms with E-state index >= 15 is 0 Å². The van der Waals surface area contributed by atoms with E-state index in [4.69, 9.17) is 14.9 Å². The topological polar surface area (TPSA) is 123 Å². The van der Waals surface area contributed by atoms with E-state index in [0.29, 0.717) is 39.4 Å². The monoisotopic (exact) mass is 347 g/mol. The molecule has 0 atom stereocenters. The zero-order valence-corrected chi connectivity index (χ0v) is 13.7. The van der Waals surface area contributed by atoms with Crippen LogP contribution in [-0.4, -0.2) is 27.3 Å². The third-order valence-corrected chi connectivity index (χ3v) is 4.40. The van der Waals surface area contributed by atoms with Gasteiger partial charge in [-0.1, -0.05) is 6.07 Å². The van der Waals surface area contributed by atoms with Gasteiger partial charge in [0.15, 0.2) is 5.82 Å². The molecule has 4 N–H and O–H groups in total. The highest BCUT2D eigenvalue weighted by atomic mass is 16.5. The lowest BCUT2D eigenvalue weighted by molar-refractivity contribution is 0.420. The van der Waals surface area contributed by atoms with Gasteiger partial charge in [-0.2, -0.15) is 5.10 Å². The van der Waals surface area contributed by atoms with Crippen LogP contribution in [0.2, 0.25) is 0 Å². The average molecular weight is 347 g/mol. The van der Waals surface area contributed by atoms with Crippen LogP contribution in [0.25, 0.3) is 44.4 Å². The number of hydrogen-bond acceptors (Lipinski definition) is 6. The highest BCUT2D eigenvalue weighted by molar-refractivity contribution is 6.06. The number of benzene rings is 2. The van der Waals surface area contributed by atoms with E-state index in [0.717, 1.165) is 10.9 Å². The molecule has 2 aromatic carbocycles. The molecule has 0 aliphatic rings. The van der Waals surface area contributed by atoms with Crippen molar-refractivity contribution >= 4 is 38.8 Å². The zero-order chi connectivity index (χ0) is 17.8. The SMILES string of the molecule is COc1cccc2oc3c(=O)[nH]c(-c4ccc5[nH]nc(N)c5c4)nc3c12. The van der Waals surface area contributed by atoms with Crippen molar-refractivity contribution in [1.82, 2.24) is 20.2 Å². The number of H-pyrrole nitrogens is 2. The highest BCUT2D eigenvalue weighted by Crippen LogP contribution is 2.34. The Morgan fingerprint density at radius 3 is 2.96 bits per heavy atom. The fourth-order valence-electron chi connectivity index (χ4n) is 3.15. The summed E-state index contributed by atoms with van der Waals surface area (Å²) in [5.74, 6) is 1.40. The van der Waals surface area contributed by atoms with Gasteiger partial charge in [-0.25, -0.2) is 4.98 Å². The molecule has 0 radical (unpaired) electrons. The lowest BCUT2D eigenvalue weighted by Crippen LogP contribution is -2.08. The average Bonchev–Trinajstić information content (AvgIpc) is 3.22. The molecule has 0 spiro atoms. The van der Waals surface area contributed by atoms with Crippen LogP contribution in [0.15, 0.2) is 45.6 Å². The van der Waals surface area contributed by atoms with Crippen LogP contribution < -0.4 is 16.0 Å². The maximum Gasteiger partial charge on any atom is 0.294 e. The first-order chi connectivity index (χ1) is 12.7. The summed E-state index contributed by atoms with van der Waals surface area (Å²) in [6.45, 7) is 0. The Morgan fingerprint density at radius 2 is 2.12 bits per heavy atom. The Morgan fingerprint density at radius 1 is 1.23 bits per heavy atom. The largest absolute Gasteiger partial charge is 0.496 e. The molecule has 5 rings (SSSR count).